The van der Waals surface area contributed by atoms with E-state index in [0.717, 1.165) is 22.7 Å². The fraction of sp³-hybridized carbons (Fsp3) is 0.227. The SMILES string of the molecule is COc1ccc2c(c1)N(CCc1ccoc1C(N)=O)C(c1ccccc1)CO2. The van der Waals surface area contributed by atoms with Crippen LogP contribution in [-0.4, -0.2) is 26.2 Å². The molecule has 0 saturated carbocycles. The standard InChI is InChI=1S/C22H22N2O4/c1-26-17-7-8-20-18(13-17)24(11-9-16-10-12-27-21(16)22(23)25)19(14-28-20)15-5-3-2-4-6-15/h2-8,10,12-13,19H,9,11,14H2,1H3,(H2,23,25). The quantitative estimate of drug-likeness (QED) is 0.709. The van der Waals surface area contributed by atoms with E-state index >= 15 is 0 Å². The maximum absolute atomic E-state index is 11.6. The van der Waals surface area contributed by atoms with Crippen LogP contribution in [0.15, 0.2) is 65.3 Å². The van der Waals surface area contributed by atoms with Crippen LogP contribution in [0.3, 0.4) is 0 Å². The Labute approximate surface area is 163 Å². The Hall–Kier alpha value is -3.41. The fourth-order valence-corrected chi connectivity index (χ4v) is 3.61. The third-order valence-electron chi connectivity index (χ3n) is 5.03. The molecule has 0 saturated heterocycles. The average molecular weight is 378 g/mol. The number of amides is 1. The number of rotatable bonds is 6. The molecule has 4 rings (SSSR count). The van der Waals surface area contributed by atoms with E-state index < -0.39 is 5.91 Å². The Morgan fingerprint density at radius 1 is 1.21 bits per heavy atom. The van der Waals surface area contributed by atoms with Crippen molar-refractivity contribution in [3.8, 4) is 11.5 Å². The van der Waals surface area contributed by atoms with Crippen LogP contribution in [0.5, 0.6) is 11.5 Å². The van der Waals surface area contributed by atoms with Crippen LogP contribution in [0.1, 0.15) is 27.7 Å². The van der Waals surface area contributed by atoms with Gasteiger partial charge < -0.3 is 24.5 Å². The molecule has 0 radical (unpaired) electrons. The summed E-state index contributed by atoms with van der Waals surface area (Å²) in [5.41, 5.74) is 8.35. The van der Waals surface area contributed by atoms with Crippen molar-refractivity contribution in [3.63, 3.8) is 0 Å². The molecule has 0 bridgehead atoms. The summed E-state index contributed by atoms with van der Waals surface area (Å²) < 4.78 is 16.7. The van der Waals surface area contributed by atoms with Gasteiger partial charge in [0.05, 0.1) is 25.1 Å². The van der Waals surface area contributed by atoms with Crippen molar-refractivity contribution in [3.05, 3.63) is 77.7 Å². The lowest BCUT2D eigenvalue weighted by Gasteiger charge is -2.39. The number of nitrogens with zero attached hydrogens (tertiary/aromatic N) is 1. The van der Waals surface area contributed by atoms with Gasteiger partial charge in [-0.1, -0.05) is 30.3 Å². The number of carbonyl (C=O) groups is 1. The molecule has 0 aliphatic carbocycles. The van der Waals surface area contributed by atoms with Crippen molar-refractivity contribution in [2.75, 3.05) is 25.2 Å². The monoisotopic (exact) mass is 378 g/mol. The molecule has 1 amide bonds. The van der Waals surface area contributed by atoms with Crippen LogP contribution in [0.2, 0.25) is 0 Å². The first-order valence-corrected chi connectivity index (χ1v) is 9.16. The number of furan rings is 1. The lowest BCUT2D eigenvalue weighted by Crippen LogP contribution is -2.38. The van der Waals surface area contributed by atoms with Crippen molar-refractivity contribution in [1.29, 1.82) is 0 Å². The number of carbonyl (C=O) groups excluding carboxylic acids is 1. The lowest BCUT2D eigenvalue weighted by molar-refractivity contribution is 0.0972. The number of fused-ring (bicyclic) bond motifs is 1. The highest BCUT2D eigenvalue weighted by atomic mass is 16.5. The van der Waals surface area contributed by atoms with Gasteiger partial charge >= 0.3 is 0 Å². The van der Waals surface area contributed by atoms with Gasteiger partial charge in [0.1, 0.15) is 18.1 Å². The maximum Gasteiger partial charge on any atom is 0.284 e. The zero-order chi connectivity index (χ0) is 19.5. The second-order valence-corrected chi connectivity index (χ2v) is 6.65. The highest BCUT2D eigenvalue weighted by Crippen LogP contribution is 2.41. The van der Waals surface area contributed by atoms with E-state index in [9.17, 15) is 4.79 Å². The number of anilines is 1. The number of hydrogen-bond acceptors (Lipinski definition) is 5. The van der Waals surface area contributed by atoms with Crippen LogP contribution in [0.4, 0.5) is 5.69 Å². The largest absolute Gasteiger partial charge is 0.497 e. The molecule has 28 heavy (non-hydrogen) atoms. The molecule has 2 N–H and O–H groups in total. The molecule has 1 aliphatic rings. The fourth-order valence-electron chi connectivity index (χ4n) is 3.61. The Morgan fingerprint density at radius 2 is 2.04 bits per heavy atom. The Balaban J connectivity index is 1.68. The molecule has 0 spiro atoms. The van der Waals surface area contributed by atoms with Crippen LogP contribution in [0.25, 0.3) is 0 Å². The lowest BCUT2D eigenvalue weighted by atomic mass is 10.0. The van der Waals surface area contributed by atoms with Crippen LogP contribution in [0, 0.1) is 0 Å². The summed E-state index contributed by atoms with van der Waals surface area (Å²) in [6.07, 6.45) is 2.12. The van der Waals surface area contributed by atoms with Gasteiger partial charge in [-0.05, 0) is 30.2 Å². The van der Waals surface area contributed by atoms with Crippen LogP contribution in [-0.2, 0) is 6.42 Å². The summed E-state index contributed by atoms with van der Waals surface area (Å²) in [6.45, 7) is 1.21. The molecule has 1 atom stereocenters. The van der Waals surface area contributed by atoms with E-state index in [2.05, 4.69) is 17.0 Å². The summed E-state index contributed by atoms with van der Waals surface area (Å²) in [7, 11) is 1.65. The highest BCUT2D eigenvalue weighted by Gasteiger charge is 2.29. The molecular weight excluding hydrogens is 356 g/mol. The first-order valence-electron chi connectivity index (χ1n) is 9.16. The highest BCUT2D eigenvalue weighted by molar-refractivity contribution is 5.91. The first-order chi connectivity index (χ1) is 13.7. The Kier molecular flexibility index (Phi) is 4.93. The number of methoxy groups -OCH3 is 1. The van der Waals surface area contributed by atoms with Gasteiger partial charge in [0.15, 0.2) is 5.76 Å². The van der Waals surface area contributed by atoms with Gasteiger partial charge in [-0.2, -0.15) is 0 Å². The van der Waals surface area contributed by atoms with Gasteiger partial charge in [0.25, 0.3) is 5.91 Å². The molecule has 1 aromatic heterocycles. The minimum absolute atomic E-state index is 0.0461. The van der Waals surface area contributed by atoms with Crippen LogP contribution >= 0.6 is 0 Å². The topological polar surface area (TPSA) is 77.9 Å². The van der Waals surface area contributed by atoms with Gasteiger partial charge in [0, 0.05) is 18.2 Å². The van der Waals surface area contributed by atoms with Gasteiger partial charge in [-0.3, -0.25) is 4.79 Å². The number of hydrogen-bond donors (Lipinski definition) is 1. The predicted molar refractivity (Wildman–Crippen MR) is 106 cm³/mol. The number of primary amides is 1. The van der Waals surface area contributed by atoms with Crippen molar-refractivity contribution in [2.24, 2.45) is 5.73 Å². The summed E-state index contributed by atoms with van der Waals surface area (Å²) in [4.78, 5) is 13.9. The summed E-state index contributed by atoms with van der Waals surface area (Å²) in [5.74, 6) is 1.25. The number of benzene rings is 2. The maximum atomic E-state index is 11.6. The first kappa shape index (κ1) is 18.0. The van der Waals surface area contributed by atoms with Crippen molar-refractivity contribution in [1.82, 2.24) is 0 Å². The molecule has 1 unspecified atom stereocenters. The summed E-state index contributed by atoms with van der Waals surface area (Å²) >= 11 is 0. The van der Waals surface area contributed by atoms with Crippen molar-refractivity contribution < 1.29 is 18.7 Å². The molecule has 6 heteroatoms. The average Bonchev–Trinajstić information content (AvgIpc) is 3.21. The molecular formula is C22H22N2O4. The molecule has 1 aliphatic heterocycles. The minimum atomic E-state index is -0.552. The molecule has 3 aromatic rings. The Bertz CT molecular complexity index is 968. The molecule has 2 aromatic carbocycles. The van der Waals surface area contributed by atoms with Gasteiger partial charge in [-0.25, -0.2) is 0 Å². The van der Waals surface area contributed by atoms with Crippen LogP contribution < -0.4 is 20.1 Å². The second-order valence-electron chi connectivity index (χ2n) is 6.65. The molecule has 2 heterocycles. The van der Waals surface area contributed by atoms with E-state index in [1.165, 1.54) is 11.8 Å². The van der Waals surface area contributed by atoms with E-state index in [1.807, 2.05) is 36.4 Å². The Morgan fingerprint density at radius 3 is 2.79 bits per heavy atom. The smallest absolute Gasteiger partial charge is 0.284 e. The number of ether oxygens (including phenoxy) is 2. The zero-order valence-corrected chi connectivity index (χ0v) is 15.6. The minimum Gasteiger partial charge on any atom is -0.497 e. The van der Waals surface area contributed by atoms with E-state index in [-0.39, 0.29) is 11.8 Å². The summed E-state index contributed by atoms with van der Waals surface area (Å²) in [6, 6.07) is 17.9. The van der Waals surface area contributed by atoms with E-state index in [4.69, 9.17) is 19.6 Å². The zero-order valence-electron chi connectivity index (χ0n) is 15.6. The number of nitrogens with two attached hydrogens (primary N) is 1. The normalized spacial score (nSPS) is 15.6. The third-order valence-corrected chi connectivity index (χ3v) is 5.03. The predicted octanol–water partition coefficient (Wildman–Crippen LogP) is 3.57. The summed E-state index contributed by atoms with van der Waals surface area (Å²) in [5, 5.41) is 0. The molecule has 6 nitrogen and oxygen atoms in total. The van der Waals surface area contributed by atoms with Gasteiger partial charge in [-0.15, -0.1) is 0 Å². The molecule has 0 fully saturated rings. The second kappa shape index (κ2) is 7.68. The third kappa shape index (κ3) is 3.41. The van der Waals surface area contributed by atoms with Crippen molar-refractivity contribution in [2.45, 2.75) is 12.5 Å². The van der Waals surface area contributed by atoms with Gasteiger partial charge in [0.2, 0.25) is 0 Å². The van der Waals surface area contributed by atoms with E-state index in [0.29, 0.717) is 19.6 Å². The molecule has 144 valence electrons. The van der Waals surface area contributed by atoms with E-state index in [1.54, 1.807) is 13.2 Å². The van der Waals surface area contributed by atoms with Crippen molar-refractivity contribution >= 4 is 11.6 Å².